The Morgan fingerprint density at radius 3 is 2.53 bits per heavy atom. The predicted molar refractivity (Wildman–Crippen MR) is 65.0 cm³/mol. The van der Waals surface area contributed by atoms with Gasteiger partial charge < -0.3 is 9.47 Å². The SMILES string of the molecule is Cc1c(CN(C)C)c2ccccc2n1C. The molecule has 0 saturated heterocycles. The molecule has 2 aromatic rings. The highest BCUT2D eigenvalue weighted by Gasteiger charge is 2.11. The van der Waals surface area contributed by atoms with Crippen LogP contribution in [0.4, 0.5) is 0 Å². The summed E-state index contributed by atoms with van der Waals surface area (Å²) in [6.07, 6.45) is 0. The zero-order chi connectivity index (χ0) is 11.0. The molecule has 0 aliphatic rings. The number of hydrogen-bond acceptors (Lipinski definition) is 1. The van der Waals surface area contributed by atoms with E-state index in [4.69, 9.17) is 0 Å². The smallest absolute Gasteiger partial charge is 0.0483 e. The lowest BCUT2D eigenvalue weighted by Crippen LogP contribution is -2.11. The van der Waals surface area contributed by atoms with Crippen molar-refractivity contribution < 1.29 is 0 Å². The van der Waals surface area contributed by atoms with Gasteiger partial charge in [0.15, 0.2) is 0 Å². The number of aryl methyl sites for hydroxylation is 1. The quantitative estimate of drug-likeness (QED) is 0.726. The summed E-state index contributed by atoms with van der Waals surface area (Å²) in [6.45, 7) is 3.20. The molecule has 2 rings (SSSR count). The van der Waals surface area contributed by atoms with Crippen LogP contribution < -0.4 is 0 Å². The van der Waals surface area contributed by atoms with Crippen LogP contribution >= 0.6 is 0 Å². The number of hydrogen-bond donors (Lipinski definition) is 0. The first kappa shape index (κ1) is 10.2. The van der Waals surface area contributed by atoms with Crippen molar-refractivity contribution in [3.05, 3.63) is 35.5 Å². The molecule has 2 nitrogen and oxygen atoms in total. The second kappa shape index (κ2) is 3.70. The van der Waals surface area contributed by atoms with Crippen molar-refractivity contribution >= 4 is 10.9 Å². The molecule has 0 aliphatic heterocycles. The lowest BCUT2D eigenvalue weighted by atomic mass is 10.1. The molecule has 1 aromatic carbocycles. The van der Waals surface area contributed by atoms with Gasteiger partial charge in [0.25, 0.3) is 0 Å². The zero-order valence-corrected chi connectivity index (χ0v) is 9.91. The van der Waals surface area contributed by atoms with Crippen molar-refractivity contribution in [1.29, 1.82) is 0 Å². The van der Waals surface area contributed by atoms with E-state index in [-0.39, 0.29) is 0 Å². The largest absolute Gasteiger partial charge is 0.348 e. The Bertz CT molecular complexity index is 480. The molecule has 0 radical (unpaired) electrons. The summed E-state index contributed by atoms with van der Waals surface area (Å²) >= 11 is 0. The number of nitrogens with zero attached hydrogens (tertiary/aromatic N) is 2. The van der Waals surface area contributed by atoms with E-state index in [1.54, 1.807) is 0 Å². The first-order valence-electron chi connectivity index (χ1n) is 5.29. The van der Waals surface area contributed by atoms with Gasteiger partial charge in [-0.15, -0.1) is 0 Å². The summed E-state index contributed by atoms with van der Waals surface area (Å²) in [6, 6.07) is 8.60. The van der Waals surface area contributed by atoms with Crippen LogP contribution in [0.3, 0.4) is 0 Å². The summed E-state index contributed by atoms with van der Waals surface area (Å²) in [7, 11) is 6.36. The topological polar surface area (TPSA) is 8.17 Å². The third-order valence-electron chi connectivity index (χ3n) is 3.00. The fraction of sp³-hybridized carbons (Fsp3) is 0.385. The van der Waals surface area contributed by atoms with E-state index in [0.29, 0.717) is 0 Å². The minimum Gasteiger partial charge on any atom is -0.348 e. The normalized spacial score (nSPS) is 11.5. The van der Waals surface area contributed by atoms with E-state index < -0.39 is 0 Å². The molecule has 0 atom stereocenters. The van der Waals surface area contributed by atoms with E-state index in [1.807, 2.05) is 0 Å². The zero-order valence-electron chi connectivity index (χ0n) is 9.91. The van der Waals surface area contributed by atoms with Crippen LogP contribution in [0.5, 0.6) is 0 Å². The molecule has 15 heavy (non-hydrogen) atoms. The highest BCUT2D eigenvalue weighted by Crippen LogP contribution is 2.25. The number of fused-ring (bicyclic) bond motifs is 1. The van der Waals surface area contributed by atoms with Gasteiger partial charge in [0.1, 0.15) is 0 Å². The molecule has 0 unspecified atom stereocenters. The molecule has 1 aromatic heterocycles. The third kappa shape index (κ3) is 1.65. The Labute approximate surface area is 91.1 Å². The fourth-order valence-corrected chi connectivity index (χ4v) is 2.12. The van der Waals surface area contributed by atoms with Crippen molar-refractivity contribution in [2.24, 2.45) is 7.05 Å². The Kier molecular flexibility index (Phi) is 2.53. The van der Waals surface area contributed by atoms with Gasteiger partial charge in [0.2, 0.25) is 0 Å². The Morgan fingerprint density at radius 1 is 1.20 bits per heavy atom. The average molecular weight is 202 g/mol. The maximum atomic E-state index is 2.27. The van der Waals surface area contributed by atoms with Crippen molar-refractivity contribution in [3.8, 4) is 0 Å². The number of para-hydroxylation sites is 1. The van der Waals surface area contributed by atoms with Gasteiger partial charge in [0, 0.05) is 30.2 Å². The van der Waals surface area contributed by atoms with Crippen molar-refractivity contribution in [2.75, 3.05) is 14.1 Å². The highest BCUT2D eigenvalue weighted by molar-refractivity contribution is 5.85. The van der Waals surface area contributed by atoms with Crippen LogP contribution in [0.1, 0.15) is 11.3 Å². The molecule has 0 bridgehead atoms. The number of aromatic nitrogens is 1. The van der Waals surface area contributed by atoms with Crippen LogP contribution in [0.15, 0.2) is 24.3 Å². The van der Waals surface area contributed by atoms with E-state index in [1.165, 1.54) is 22.2 Å². The van der Waals surface area contributed by atoms with Crippen molar-refractivity contribution in [1.82, 2.24) is 9.47 Å². The summed E-state index contributed by atoms with van der Waals surface area (Å²) in [5, 5.41) is 1.38. The molecule has 2 heteroatoms. The van der Waals surface area contributed by atoms with Crippen molar-refractivity contribution in [3.63, 3.8) is 0 Å². The second-order valence-electron chi connectivity index (χ2n) is 4.38. The molecule has 0 spiro atoms. The average Bonchev–Trinajstić information content (AvgIpc) is 2.44. The molecule has 1 heterocycles. The molecule has 0 fully saturated rings. The van der Waals surface area contributed by atoms with Crippen molar-refractivity contribution in [2.45, 2.75) is 13.5 Å². The number of rotatable bonds is 2. The minimum absolute atomic E-state index is 1.01. The summed E-state index contributed by atoms with van der Waals surface area (Å²) in [5.74, 6) is 0. The molecule has 0 N–H and O–H groups in total. The molecule has 0 amide bonds. The fourth-order valence-electron chi connectivity index (χ4n) is 2.12. The van der Waals surface area contributed by atoms with E-state index in [0.717, 1.165) is 6.54 Å². The maximum absolute atomic E-state index is 2.27. The van der Waals surface area contributed by atoms with Crippen LogP contribution in [-0.4, -0.2) is 23.6 Å². The van der Waals surface area contributed by atoms with E-state index in [9.17, 15) is 0 Å². The standard InChI is InChI=1S/C13H18N2/c1-10-12(9-14(2)3)11-7-5-6-8-13(11)15(10)4/h5-8H,9H2,1-4H3. The van der Waals surface area contributed by atoms with Crippen LogP contribution in [0.25, 0.3) is 10.9 Å². The monoisotopic (exact) mass is 202 g/mol. The molecule has 0 aliphatic carbocycles. The Morgan fingerprint density at radius 2 is 1.87 bits per heavy atom. The summed E-state index contributed by atoms with van der Waals surface area (Å²) < 4.78 is 2.27. The lowest BCUT2D eigenvalue weighted by Gasteiger charge is -2.09. The Hall–Kier alpha value is -1.28. The molecular formula is C13H18N2. The van der Waals surface area contributed by atoms with Crippen LogP contribution in [-0.2, 0) is 13.6 Å². The van der Waals surface area contributed by atoms with Gasteiger partial charge in [-0.25, -0.2) is 0 Å². The summed E-state index contributed by atoms with van der Waals surface area (Å²) in [5.41, 5.74) is 4.13. The minimum atomic E-state index is 1.01. The van der Waals surface area contributed by atoms with E-state index in [2.05, 4.69) is 61.8 Å². The maximum Gasteiger partial charge on any atom is 0.0483 e. The van der Waals surface area contributed by atoms with Gasteiger partial charge >= 0.3 is 0 Å². The lowest BCUT2D eigenvalue weighted by molar-refractivity contribution is 0.402. The van der Waals surface area contributed by atoms with Gasteiger partial charge in [-0.05, 0) is 32.6 Å². The highest BCUT2D eigenvalue weighted by atomic mass is 15.1. The first-order valence-corrected chi connectivity index (χ1v) is 5.29. The van der Waals surface area contributed by atoms with Gasteiger partial charge in [-0.2, -0.15) is 0 Å². The predicted octanol–water partition coefficient (Wildman–Crippen LogP) is 2.55. The number of benzene rings is 1. The molecule has 80 valence electrons. The van der Waals surface area contributed by atoms with Gasteiger partial charge in [-0.3, -0.25) is 0 Å². The molecular weight excluding hydrogens is 184 g/mol. The summed E-state index contributed by atoms with van der Waals surface area (Å²) in [4.78, 5) is 2.22. The van der Waals surface area contributed by atoms with Gasteiger partial charge in [0.05, 0.1) is 0 Å². The van der Waals surface area contributed by atoms with Crippen LogP contribution in [0, 0.1) is 6.92 Å². The second-order valence-corrected chi connectivity index (χ2v) is 4.38. The Balaban J connectivity index is 2.66. The van der Waals surface area contributed by atoms with Crippen LogP contribution in [0.2, 0.25) is 0 Å². The molecule has 0 saturated carbocycles. The first-order chi connectivity index (χ1) is 7.11. The van der Waals surface area contributed by atoms with E-state index >= 15 is 0 Å². The third-order valence-corrected chi connectivity index (χ3v) is 3.00. The van der Waals surface area contributed by atoms with Gasteiger partial charge in [-0.1, -0.05) is 18.2 Å².